The minimum atomic E-state index is -0.0452. The third-order valence-corrected chi connectivity index (χ3v) is 3.80. The molecule has 0 fully saturated rings. The number of benzene rings is 1. The Kier molecular flexibility index (Phi) is 4.48. The maximum Gasteiger partial charge on any atom is 0.253 e. The zero-order valence-electron chi connectivity index (χ0n) is 14.9. The van der Waals surface area contributed by atoms with Gasteiger partial charge in [-0.3, -0.25) is 4.79 Å². The van der Waals surface area contributed by atoms with Crippen LogP contribution < -0.4 is 11.1 Å². The van der Waals surface area contributed by atoms with Crippen molar-refractivity contribution in [2.24, 2.45) is 7.05 Å². The summed E-state index contributed by atoms with van der Waals surface area (Å²) in [5, 5.41) is 14.3. The molecule has 1 amide bonds. The van der Waals surface area contributed by atoms with Crippen molar-refractivity contribution in [1.29, 1.82) is 0 Å². The highest BCUT2D eigenvalue weighted by Crippen LogP contribution is 2.23. The van der Waals surface area contributed by atoms with Gasteiger partial charge in [-0.15, -0.1) is 5.10 Å². The number of tetrazole rings is 1. The van der Waals surface area contributed by atoms with Gasteiger partial charge in [0.05, 0.1) is 5.56 Å². The quantitative estimate of drug-likeness (QED) is 0.711. The Morgan fingerprint density at radius 2 is 2.08 bits per heavy atom. The number of aryl methyl sites for hydroxylation is 2. The SMILES string of the molecule is Cc1cc(Nc2ncc(-c3nnnn3C)c(N)n2)ccc1C(=O)N(C)C. The summed E-state index contributed by atoms with van der Waals surface area (Å²) in [6.07, 6.45) is 1.56. The first-order valence-corrected chi connectivity index (χ1v) is 7.81. The minimum Gasteiger partial charge on any atom is -0.383 e. The molecular weight excluding hydrogens is 334 g/mol. The molecule has 2 aromatic heterocycles. The van der Waals surface area contributed by atoms with E-state index in [9.17, 15) is 4.79 Å². The number of hydrogen-bond donors (Lipinski definition) is 2. The maximum atomic E-state index is 12.1. The summed E-state index contributed by atoms with van der Waals surface area (Å²) in [5.41, 5.74) is 8.81. The molecule has 26 heavy (non-hydrogen) atoms. The lowest BCUT2D eigenvalue weighted by Gasteiger charge is -2.14. The number of carbonyl (C=O) groups excluding carboxylic acids is 1. The fraction of sp³-hybridized carbons (Fsp3) is 0.250. The standard InChI is InChI=1S/C16H19N9O/c1-9-7-10(5-6-11(9)15(26)24(2)3)19-16-18-8-12(13(17)20-16)14-21-22-23-25(14)4/h5-8H,1-4H3,(H3,17,18,19,20). The normalized spacial score (nSPS) is 10.6. The van der Waals surface area contributed by atoms with Crippen molar-refractivity contribution in [3.63, 3.8) is 0 Å². The molecule has 2 heterocycles. The first-order valence-electron chi connectivity index (χ1n) is 7.81. The van der Waals surface area contributed by atoms with E-state index in [0.717, 1.165) is 11.3 Å². The van der Waals surface area contributed by atoms with Crippen LogP contribution >= 0.6 is 0 Å². The number of carbonyl (C=O) groups is 1. The molecule has 3 rings (SSSR count). The van der Waals surface area contributed by atoms with E-state index in [1.165, 1.54) is 4.68 Å². The number of nitrogen functional groups attached to an aromatic ring is 1. The van der Waals surface area contributed by atoms with Crippen molar-refractivity contribution >= 4 is 23.4 Å². The highest BCUT2D eigenvalue weighted by atomic mass is 16.2. The number of anilines is 3. The molecule has 3 aromatic rings. The first-order chi connectivity index (χ1) is 12.4. The molecule has 3 N–H and O–H groups in total. The lowest BCUT2D eigenvalue weighted by molar-refractivity contribution is 0.0827. The Bertz CT molecular complexity index is 964. The largest absolute Gasteiger partial charge is 0.383 e. The number of rotatable bonds is 4. The van der Waals surface area contributed by atoms with Crippen molar-refractivity contribution in [1.82, 2.24) is 35.1 Å². The Balaban J connectivity index is 1.84. The fourth-order valence-electron chi connectivity index (χ4n) is 2.44. The van der Waals surface area contributed by atoms with Crippen LogP contribution in [0.15, 0.2) is 24.4 Å². The molecule has 1 aromatic carbocycles. The van der Waals surface area contributed by atoms with Gasteiger partial charge in [0.15, 0.2) is 5.82 Å². The van der Waals surface area contributed by atoms with Gasteiger partial charge in [0.1, 0.15) is 5.82 Å². The second-order valence-electron chi connectivity index (χ2n) is 5.97. The third kappa shape index (κ3) is 3.29. The molecular formula is C16H19N9O. The van der Waals surface area contributed by atoms with E-state index in [1.54, 1.807) is 44.4 Å². The highest BCUT2D eigenvalue weighted by molar-refractivity contribution is 5.95. The Morgan fingerprint density at radius 1 is 1.31 bits per heavy atom. The van der Waals surface area contributed by atoms with Crippen LogP contribution in [-0.4, -0.2) is 55.1 Å². The van der Waals surface area contributed by atoms with Crippen LogP contribution in [-0.2, 0) is 7.05 Å². The number of aromatic nitrogens is 6. The molecule has 0 saturated heterocycles. The number of nitrogens with two attached hydrogens (primary N) is 1. The first kappa shape index (κ1) is 17.3. The summed E-state index contributed by atoms with van der Waals surface area (Å²) < 4.78 is 1.49. The van der Waals surface area contributed by atoms with Gasteiger partial charge in [-0.1, -0.05) is 0 Å². The number of nitrogens with one attached hydrogen (secondary N) is 1. The summed E-state index contributed by atoms with van der Waals surface area (Å²) in [4.78, 5) is 22.2. The van der Waals surface area contributed by atoms with E-state index in [-0.39, 0.29) is 11.7 Å². The summed E-state index contributed by atoms with van der Waals surface area (Å²) in [6, 6.07) is 5.42. The van der Waals surface area contributed by atoms with E-state index in [0.29, 0.717) is 22.9 Å². The Labute approximate surface area is 150 Å². The van der Waals surface area contributed by atoms with Gasteiger partial charge in [-0.25, -0.2) is 9.67 Å². The predicted octanol–water partition coefficient (Wildman–Crippen LogP) is 1.00. The van der Waals surface area contributed by atoms with Crippen LogP contribution in [0.5, 0.6) is 0 Å². The van der Waals surface area contributed by atoms with Gasteiger partial charge < -0.3 is 16.0 Å². The van der Waals surface area contributed by atoms with Gasteiger partial charge in [0, 0.05) is 38.6 Å². The van der Waals surface area contributed by atoms with Gasteiger partial charge in [0.25, 0.3) is 5.91 Å². The molecule has 10 heteroatoms. The Morgan fingerprint density at radius 3 is 2.65 bits per heavy atom. The smallest absolute Gasteiger partial charge is 0.253 e. The molecule has 0 unspecified atom stereocenters. The van der Waals surface area contributed by atoms with E-state index in [2.05, 4.69) is 30.8 Å². The summed E-state index contributed by atoms with van der Waals surface area (Å²) >= 11 is 0. The summed E-state index contributed by atoms with van der Waals surface area (Å²) in [7, 11) is 5.15. The highest BCUT2D eigenvalue weighted by Gasteiger charge is 2.14. The number of amides is 1. The average molecular weight is 353 g/mol. The minimum absolute atomic E-state index is 0.0452. The molecule has 0 spiro atoms. The zero-order valence-corrected chi connectivity index (χ0v) is 14.9. The molecule has 0 atom stereocenters. The Hall–Kier alpha value is -3.56. The zero-order chi connectivity index (χ0) is 18.8. The molecule has 10 nitrogen and oxygen atoms in total. The van der Waals surface area contributed by atoms with Crippen LogP contribution in [0.4, 0.5) is 17.5 Å². The lowest BCUT2D eigenvalue weighted by atomic mass is 10.1. The third-order valence-electron chi connectivity index (χ3n) is 3.80. The lowest BCUT2D eigenvalue weighted by Crippen LogP contribution is -2.22. The van der Waals surface area contributed by atoms with Crippen molar-refractivity contribution in [2.75, 3.05) is 25.1 Å². The number of nitrogens with zero attached hydrogens (tertiary/aromatic N) is 7. The van der Waals surface area contributed by atoms with Crippen LogP contribution in [0.1, 0.15) is 15.9 Å². The molecule has 0 aliphatic rings. The average Bonchev–Trinajstić information content (AvgIpc) is 3.00. The van der Waals surface area contributed by atoms with Crippen molar-refractivity contribution in [3.8, 4) is 11.4 Å². The summed E-state index contributed by atoms with van der Waals surface area (Å²) in [6.45, 7) is 1.88. The van der Waals surface area contributed by atoms with Gasteiger partial charge in [0.2, 0.25) is 5.95 Å². The summed E-state index contributed by atoms with van der Waals surface area (Å²) in [5.74, 6) is 1.04. The molecule has 0 radical (unpaired) electrons. The van der Waals surface area contributed by atoms with Gasteiger partial charge >= 0.3 is 0 Å². The molecule has 0 aliphatic heterocycles. The van der Waals surface area contributed by atoms with Gasteiger partial charge in [-0.05, 0) is 41.1 Å². The molecule has 0 saturated carbocycles. The van der Waals surface area contributed by atoms with Crippen LogP contribution in [0.3, 0.4) is 0 Å². The second-order valence-corrected chi connectivity index (χ2v) is 5.97. The molecule has 0 bridgehead atoms. The molecule has 134 valence electrons. The maximum absolute atomic E-state index is 12.1. The fourth-order valence-corrected chi connectivity index (χ4v) is 2.44. The van der Waals surface area contributed by atoms with Gasteiger partial charge in [-0.2, -0.15) is 4.98 Å². The van der Waals surface area contributed by atoms with Crippen molar-refractivity contribution in [3.05, 3.63) is 35.5 Å². The van der Waals surface area contributed by atoms with Crippen molar-refractivity contribution < 1.29 is 4.79 Å². The van der Waals surface area contributed by atoms with Crippen LogP contribution in [0.2, 0.25) is 0 Å². The van der Waals surface area contributed by atoms with Crippen LogP contribution in [0, 0.1) is 6.92 Å². The number of hydrogen-bond acceptors (Lipinski definition) is 8. The molecule has 0 aliphatic carbocycles. The van der Waals surface area contributed by atoms with E-state index >= 15 is 0 Å². The van der Waals surface area contributed by atoms with E-state index in [1.807, 2.05) is 13.0 Å². The predicted molar refractivity (Wildman–Crippen MR) is 96.7 cm³/mol. The van der Waals surface area contributed by atoms with Crippen LogP contribution in [0.25, 0.3) is 11.4 Å². The van der Waals surface area contributed by atoms with E-state index in [4.69, 9.17) is 5.73 Å². The topological polar surface area (TPSA) is 128 Å². The second kappa shape index (κ2) is 6.75. The van der Waals surface area contributed by atoms with E-state index < -0.39 is 0 Å². The monoisotopic (exact) mass is 353 g/mol. The van der Waals surface area contributed by atoms with Crippen molar-refractivity contribution in [2.45, 2.75) is 6.92 Å².